The van der Waals surface area contributed by atoms with Crippen LogP contribution in [0.5, 0.6) is 0 Å². The zero-order chi connectivity index (χ0) is 24.7. The van der Waals surface area contributed by atoms with Crippen molar-refractivity contribution in [2.75, 3.05) is 18.4 Å². The molecule has 0 unspecified atom stereocenters. The van der Waals surface area contributed by atoms with Gasteiger partial charge in [0, 0.05) is 37.4 Å². The Labute approximate surface area is 201 Å². The number of hydrogen-bond donors (Lipinski definition) is 1. The first-order chi connectivity index (χ1) is 15.9. The number of carbonyl (C=O) groups excluding carboxylic acids is 1. The Balaban J connectivity index is 1.37. The summed E-state index contributed by atoms with van der Waals surface area (Å²) >= 11 is 5.71. The van der Waals surface area contributed by atoms with Crippen LogP contribution in [-0.2, 0) is 16.4 Å². The van der Waals surface area contributed by atoms with Gasteiger partial charge in [-0.2, -0.15) is 13.2 Å². The van der Waals surface area contributed by atoms with E-state index in [0.717, 1.165) is 17.3 Å². The maximum Gasteiger partial charge on any atom is 0.418 e. The molecule has 4 rings (SSSR count). The Hall–Kier alpha value is -2.74. The van der Waals surface area contributed by atoms with Crippen LogP contribution >= 0.6 is 11.6 Å². The van der Waals surface area contributed by atoms with Crippen LogP contribution in [0.25, 0.3) is 0 Å². The van der Waals surface area contributed by atoms with Gasteiger partial charge in [-0.3, -0.25) is 0 Å². The number of urea groups is 1. The monoisotopic (exact) mass is 493 g/mol. The first-order valence-corrected chi connectivity index (χ1v) is 11.5. The summed E-state index contributed by atoms with van der Waals surface area (Å²) in [5, 5.41) is 6.65. The van der Waals surface area contributed by atoms with Gasteiger partial charge >= 0.3 is 12.2 Å². The molecule has 2 aromatic rings. The first-order valence-electron chi connectivity index (χ1n) is 11.2. The molecular formula is C25H27ClF3N3O2. The van der Waals surface area contributed by atoms with Crippen LogP contribution in [0.15, 0.2) is 47.6 Å². The zero-order valence-electron chi connectivity index (χ0n) is 19.3. The minimum absolute atomic E-state index is 0.0486. The number of amides is 2. The number of anilines is 1. The van der Waals surface area contributed by atoms with E-state index in [4.69, 9.17) is 16.4 Å². The molecule has 2 heterocycles. The maximum absolute atomic E-state index is 13.3. The van der Waals surface area contributed by atoms with Crippen molar-refractivity contribution in [2.24, 2.45) is 5.16 Å². The Morgan fingerprint density at radius 1 is 1.09 bits per heavy atom. The maximum atomic E-state index is 13.3. The fraction of sp³-hybridized carbons (Fsp3) is 0.440. The van der Waals surface area contributed by atoms with E-state index in [1.807, 2.05) is 0 Å². The van der Waals surface area contributed by atoms with Crippen molar-refractivity contribution in [3.05, 3.63) is 64.2 Å². The molecule has 2 amide bonds. The first kappa shape index (κ1) is 24.4. The van der Waals surface area contributed by atoms with E-state index in [9.17, 15) is 18.0 Å². The number of nitrogens with zero attached hydrogens (tertiary/aromatic N) is 2. The van der Waals surface area contributed by atoms with Crippen molar-refractivity contribution in [2.45, 2.75) is 57.2 Å². The standard InChI is InChI=1S/C25H27ClF3N3O2/c1-23(2,3)17-6-4-16(5-7-17)21-15-24(34-31-21)10-12-32(13-11-24)22(33)30-20-9-8-18(26)14-19(20)25(27,28)29/h4-9,14H,10-13,15H2,1-3H3,(H,30,33). The number of hydrogen-bond acceptors (Lipinski definition) is 3. The summed E-state index contributed by atoms with van der Waals surface area (Å²) in [6.07, 6.45) is -2.91. The highest BCUT2D eigenvalue weighted by molar-refractivity contribution is 6.30. The molecule has 1 spiro atoms. The Morgan fingerprint density at radius 3 is 2.32 bits per heavy atom. The second-order valence-electron chi connectivity index (χ2n) is 9.92. The van der Waals surface area contributed by atoms with E-state index in [1.165, 1.54) is 22.6 Å². The normalized spacial score (nSPS) is 18.0. The molecule has 0 bridgehead atoms. The van der Waals surface area contributed by atoms with Crippen molar-refractivity contribution >= 4 is 29.0 Å². The van der Waals surface area contributed by atoms with Gasteiger partial charge in [-0.1, -0.05) is 61.8 Å². The fourth-order valence-corrected chi connectivity index (χ4v) is 4.45. The number of halogens is 4. The molecule has 5 nitrogen and oxygen atoms in total. The Morgan fingerprint density at radius 2 is 1.74 bits per heavy atom. The predicted octanol–water partition coefficient (Wildman–Crippen LogP) is 6.85. The van der Waals surface area contributed by atoms with Crippen molar-refractivity contribution in [1.82, 2.24) is 4.90 Å². The lowest BCUT2D eigenvalue weighted by Gasteiger charge is -2.37. The van der Waals surface area contributed by atoms with E-state index >= 15 is 0 Å². The Bertz CT molecular complexity index is 1100. The second-order valence-corrected chi connectivity index (χ2v) is 10.4. The third-order valence-electron chi connectivity index (χ3n) is 6.41. The highest BCUT2D eigenvalue weighted by Crippen LogP contribution is 2.38. The molecule has 34 heavy (non-hydrogen) atoms. The van der Waals surface area contributed by atoms with Crippen molar-refractivity contribution in [1.29, 1.82) is 0 Å². The van der Waals surface area contributed by atoms with Crippen molar-refractivity contribution < 1.29 is 22.8 Å². The number of alkyl halides is 3. The molecule has 2 aliphatic heterocycles. The number of rotatable bonds is 2. The van der Waals surface area contributed by atoms with Crippen molar-refractivity contribution in [3.63, 3.8) is 0 Å². The van der Waals surface area contributed by atoms with Gasteiger partial charge in [-0.15, -0.1) is 0 Å². The topological polar surface area (TPSA) is 53.9 Å². The zero-order valence-corrected chi connectivity index (χ0v) is 20.1. The molecule has 0 saturated carbocycles. The van der Waals surface area contributed by atoms with Crippen LogP contribution in [0.4, 0.5) is 23.7 Å². The van der Waals surface area contributed by atoms with Crippen LogP contribution in [0, 0.1) is 0 Å². The van der Waals surface area contributed by atoms with E-state index in [0.29, 0.717) is 32.4 Å². The molecule has 2 aromatic carbocycles. The van der Waals surface area contributed by atoms with Gasteiger partial charge in [-0.25, -0.2) is 4.79 Å². The third-order valence-corrected chi connectivity index (χ3v) is 6.65. The van der Waals surface area contributed by atoms with Gasteiger partial charge in [0.25, 0.3) is 0 Å². The van der Waals surface area contributed by atoms with Gasteiger partial charge in [0.2, 0.25) is 0 Å². The summed E-state index contributed by atoms with van der Waals surface area (Å²) in [6, 6.07) is 11.0. The average Bonchev–Trinajstić information content (AvgIpc) is 3.17. The van der Waals surface area contributed by atoms with Crippen molar-refractivity contribution in [3.8, 4) is 0 Å². The van der Waals surface area contributed by atoms with E-state index in [-0.39, 0.29) is 16.1 Å². The summed E-state index contributed by atoms with van der Waals surface area (Å²) in [6.45, 7) is 7.19. The molecule has 2 aliphatic rings. The van der Waals surface area contributed by atoms with Gasteiger partial charge in [0.05, 0.1) is 17.0 Å². The van der Waals surface area contributed by atoms with Gasteiger partial charge in [0.1, 0.15) is 5.60 Å². The van der Waals surface area contributed by atoms with E-state index in [1.54, 1.807) is 0 Å². The lowest BCUT2D eigenvalue weighted by Crippen LogP contribution is -2.48. The van der Waals surface area contributed by atoms with Crippen LogP contribution in [0.1, 0.15) is 56.7 Å². The molecule has 1 fully saturated rings. The lowest BCUT2D eigenvalue weighted by molar-refractivity contribution is -0.136. The Kier molecular flexibility index (Phi) is 6.31. The second kappa shape index (κ2) is 8.80. The van der Waals surface area contributed by atoms with Crippen LogP contribution in [0.3, 0.4) is 0 Å². The van der Waals surface area contributed by atoms with Crippen LogP contribution in [0.2, 0.25) is 5.02 Å². The molecule has 1 N–H and O–H groups in total. The molecule has 9 heteroatoms. The quantitative estimate of drug-likeness (QED) is 0.497. The SMILES string of the molecule is CC(C)(C)c1ccc(C2=NOC3(CCN(C(=O)Nc4ccc(Cl)cc4C(F)(F)F)CC3)C2)cc1. The fourth-order valence-electron chi connectivity index (χ4n) is 4.28. The number of carbonyl (C=O) groups is 1. The number of likely N-dealkylation sites (tertiary alicyclic amines) is 1. The number of benzene rings is 2. The molecule has 0 aliphatic carbocycles. The minimum Gasteiger partial charge on any atom is -0.388 e. The third kappa shape index (κ3) is 5.17. The molecule has 1 saturated heterocycles. The lowest BCUT2D eigenvalue weighted by atomic mass is 9.84. The van der Waals surface area contributed by atoms with Gasteiger partial charge in [-0.05, 0) is 34.7 Å². The predicted molar refractivity (Wildman–Crippen MR) is 126 cm³/mol. The molecule has 0 atom stereocenters. The van der Waals surface area contributed by atoms with E-state index in [2.05, 4.69) is 55.5 Å². The number of piperidine rings is 1. The minimum atomic E-state index is -4.63. The average molecular weight is 494 g/mol. The smallest absolute Gasteiger partial charge is 0.388 e. The van der Waals surface area contributed by atoms with Gasteiger partial charge < -0.3 is 15.1 Å². The highest BCUT2D eigenvalue weighted by Gasteiger charge is 2.43. The molecule has 182 valence electrons. The number of oxime groups is 1. The van der Waals surface area contributed by atoms with Gasteiger partial charge in [0.15, 0.2) is 0 Å². The van der Waals surface area contributed by atoms with E-state index < -0.39 is 23.4 Å². The summed E-state index contributed by atoms with van der Waals surface area (Å²) in [5.41, 5.74) is 1.39. The largest absolute Gasteiger partial charge is 0.418 e. The summed E-state index contributed by atoms with van der Waals surface area (Å²) in [4.78, 5) is 20.0. The summed E-state index contributed by atoms with van der Waals surface area (Å²) in [7, 11) is 0. The molecule has 0 aromatic heterocycles. The highest BCUT2D eigenvalue weighted by atomic mass is 35.5. The summed E-state index contributed by atoms with van der Waals surface area (Å²) in [5.74, 6) is 0. The van der Waals surface area contributed by atoms with Crippen LogP contribution in [-0.4, -0.2) is 35.3 Å². The molecule has 0 radical (unpaired) electrons. The van der Waals surface area contributed by atoms with Crippen LogP contribution < -0.4 is 5.32 Å². The summed E-state index contributed by atoms with van der Waals surface area (Å²) < 4.78 is 40.0. The number of nitrogens with one attached hydrogen (secondary N) is 1. The molecular weight excluding hydrogens is 467 g/mol.